The van der Waals surface area contributed by atoms with Gasteiger partial charge >= 0.3 is 0 Å². The molecule has 0 unspecified atom stereocenters. The van der Waals surface area contributed by atoms with Gasteiger partial charge in [-0.1, -0.05) is 18.2 Å². The predicted molar refractivity (Wildman–Crippen MR) is 83.9 cm³/mol. The van der Waals surface area contributed by atoms with Crippen LogP contribution in [0.4, 0.5) is 10.1 Å². The van der Waals surface area contributed by atoms with Gasteiger partial charge in [0.2, 0.25) is 0 Å². The van der Waals surface area contributed by atoms with Crippen LogP contribution in [0.3, 0.4) is 0 Å². The average Bonchev–Trinajstić information content (AvgIpc) is 3.14. The highest BCUT2D eigenvalue weighted by atomic mass is 19.1. The van der Waals surface area contributed by atoms with Crippen LogP contribution in [0.15, 0.2) is 47.1 Å². The molecular formula is C17H16FN3O2. The van der Waals surface area contributed by atoms with Crippen LogP contribution in [-0.4, -0.2) is 15.7 Å². The summed E-state index contributed by atoms with van der Waals surface area (Å²) in [6.07, 6.45) is 1.44. The van der Waals surface area contributed by atoms with E-state index in [1.54, 1.807) is 41.9 Å². The zero-order chi connectivity index (χ0) is 16.4. The predicted octanol–water partition coefficient (Wildman–Crippen LogP) is 3.53. The minimum absolute atomic E-state index is 0.227. The number of rotatable bonds is 4. The zero-order valence-corrected chi connectivity index (χ0v) is 12.8. The van der Waals surface area contributed by atoms with Gasteiger partial charge < -0.3 is 9.73 Å². The zero-order valence-electron chi connectivity index (χ0n) is 12.8. The van der Waals surface area contributed by atoms with Gasteiger partial charge in [-0.05, 0) is 32.0 Å². The van der Waals surface area contributed by atoms with Crippen molar-refractivity contribution in [2.45, 2.75) is 20.4 Å². The number of anilines is 1. The number of halogens is 1. The van der Waals surface area contributed by atoms with Crippen molar-refractivity contribution in [1.82, 2.24) is 9.78 Å². The smallest absolute Gasteiger partial charge is 0.291 e. The van der Waals surface area contributed by atoms with E-state index in [-0.39, 0.29) is 17.5 Å². The molecule has 118 valence electrons. The first-order valence-electron chi connectivity index (χ1n) is 7.18. The largest absolute Gasteiger partial charge is 0.459 e. The van der Waals surface area contributed by atoms with Gasteiger partial charge in [-0.25, -0.2) is 4.39 Å². The van der Waals surface area contributed by atoms with Crippen LogP contribution in [0.1, 0.15) is 27.5 Å². The molecule has 23 heavy (non-hydrogen) atoms. The molecule has 1 N–H and O–H groups in total. The summed E-state index contributed by atoms with van der Waals surface area (Å²) >= 11 is 0. The van der Waals surface area contributed by atoms with Crippen molar-refractivity contribution in [3.8, 4) is 0 Å². The maximum atomic E-state index is 13.8. The number of carbonyl (C=O) groups is 1. The second kappa shape index (κ2) is 6.08. The van der Waals surface area contributed by atoms with E-state index in [1.165, 1.54) is 12.3 Å². The lowest BCUT2D eigenvalue weighted by Gasteiger charge is -2.07. The number of hydrogen-bond donors (Lipinski definition) is 1. The molecule has 0 bridgehead atoms. The Hall–Kier alpha value is -2.89. The van der Waals surface area contributed by atoms with E-state index in [9.17, 15) is 9.18 Å². The Bertz CT molecular complexity index is 838. The summed E-state index contributed by atoms with van der Waals surface area (Å²) in [4.78, 5) is 12.1. The van der Waals surface area contributed by atoms with Gasteiger partial charge in [0.15, 0.2) is 5.76 Å². The van der Waals surface area contributed by atoms with Crippen molar-refractivity contribution in [3.05, 3.63) is 71.2 Å². The topological polar surface area (TPSA) is 60.1 Å². The third kappa shape index (κ3) is 3.01. The summed E-state index contributed by atoms with van der Waals surface area (Å²) in [5, 5.41) is 7.18. The minimum atomic E-state index is -0.341. The van der Waals surface area contributed by atoms with Crippen LogP contribution in [0.2, 0.25) is 0 Å². The normalized spacial score (nSPS) is 10.7. The van der Waals surface area contributed by atoms with Crippen molar-refractivity contribution in [2.24, 2.45) is 0 Å². The molecule has 5 nitrogen and oxygen atoms in total. The first-order chi connectivity index (χ1) is 11.1. The highest BCUT2D eigenvalue weighted by Crippen LogP contribution is 2.22. The number of nitrogens with one attached hydrogen (secondary N) is 1. The molecule has 1 amide bonds. The highest BCUT2D eigenvalue weighted by molar-refractivity contribution is 6.02. The van der Waals surface area contributed by atoms with Crippen molar-refractivity contribution in [2.75, 3.05) is 5.32 Å². The third-order valence-electron chi connectivity index (χ3n) is 3.64. The molecule has 0 saturated carbocycles. The van der Waals surface area contributed by atoms with Crippen LogP contribution < -0.4 is 5.32 Å². The number of furan rings is 1. The maximum Gasteiger partial charge on any atom is 0.291 e. The second-order valence-electron chi connectivity index (χ2n) is 5.23. The number of aromatic nitrogens is 2. The Morgan fingerprint density at radius 1 is 1.26 bits per heavy atom. The molecule has 6 heteroatoms. The van der Waals surface area contributed by atoms with Gasteiger partial charge in [0.25, 0.3) is 5.91 Å². The van der Waals surface area contributed by atoms with Gasteiger partial charge in [-0.3, -0.25) is 9.48 Å². The summed E-state index contributed by atoms with van der Waals surface area (Å²) in [7, 11) is 0. The van der Waals surface area contributed by atoms with Crippen LogP contribution >= 0.6 is 0 Å². The lowest BCUT2D eigenvalue weighted by atomic mass is 10.2. The molecule has 2 heterocycles. The number of carbonyl (C=O) groups excluding carboxylic acids is 1. The Morgan fingerprint density at radius 2 is 2.04 bits per heavy atom. The number of nitrogens with zero attached hydrogens (tertiary/aromatic N) is 2. The number of hydrogen-bond acceptors (Lipinski definition) is 3. The number of benzene rings is 1. The Morgan fingerprint density at radius 3 is 2.74 bits per heavy atom. The molecule has 1 aromatic carbocycles. The minimum Gasteiger partial charge on any atom is -0.459 e. The van der Waals surface area contributed by atoms with E-state index in [1.807, 2.05) is 6.92 Å². The lowest BCUT2D eigenvalue weighted by Crippen LogP contribution is -2.12. The van der Waals surface area contributed by atoms with E-state index in [4.69, 9.17) is 4.42 Å². The molecule has 0 fully saturated rings. The van der Waals surface area contributed by atoms with Crippen LogP contribution in [-0.2, 0) is 6.54 Å². The lowest BCUT2D eigenvalue weighted by molar-refractivity contribution is 0.0996. The Labute approximate surface area is 132 Å². The fourth-order valence-electron chi connectivity index (χ4n) is 2.40. The van der Waals surface area contributed by atoms with Gasteiger partial charge in [-0.2, -0.15) is 5.10 Å². The molecule has 0 radical (unpaired) electrons. The van der Waals surface area contributed by atoms with E-state index in [0.29, 0.717) is 23.5 Å². The molecule has 3 aromatic rings. The Kier molecular flexibility index (Phi) is 3.97. The monoisotopic (exact) mass is 313 g/mol. The summed E-state index contributed by atoms with van der Waals surface area (Å²) in [5.74, 6) is -0.390. The van der Waals surface area contributed by atoms with E-state index in [2.05, 4.69) is 10.4 Å². The van der Waals surface area contributed by atoms with Gasteiger partial charge in [0, 0.05) is 5.56 Å². The third-order valence-corrected chi connectivity index (χ3v) is 3.64. The van der Waals surface area contributed by atoms with Crippen LogP contribution in [0.5, 0.6) is 0 Å². The van der Waals surface area contributed by atoms with Crippen LogP contribution in [0.25, 0.3) is 0 Å². The van der Waals surface area contributed by atoms with E-state index in [0.717, 1.165) is 5.69 Å². The van der Waals surface area contributed by atoms with Gasteiger partial charge in [0.05, 0.1) is 29.9 Å². The fourth-order valence-corrected chi connectivity index (χ4v) is 2.40. The molecule has 2 aromatic heterocycles. The summed E-state index contributed by atoms with van der Waals surface area (Å²) < 4.78 is 20.5. The molecular weight excluding hydrogens is 297 g/mol. The number of aryl methyl sites for hydroxylation is 1. The first kappa shape index (κ1) is 15.0. The molecule has 0 atom stereocenters. The first-order valence-corrected chi connectivity index (χ1v) is 7.18. The summed E-state index contributed by atoms with van der Waals surface area (Å²) in [6, 6.07) is 9.80. The van der Waals surface area contributed by atoms with Gasteiger partial charge in [-0.15, -0.1) is 0 Å². The van der Waals surface area contributed by atoms with Crippen molar-refractivity contribution < 1.29 is 13.6 Å². The quantitative estimate of drug-likeness (QED) is 0.801. The fraction of sp³-hybridized carbons (Fsp3) is 0.176. The van der Waals surface area contributed by atoms with Crippen molar-refractivity contribution >= 4 is 11.6 Å². The molecule has 0 aliphatic heterocycles. The van der Waals surface area contributed by atoms with Crippen molar-refractivity contribution in [1.29, 1.82) is 0 Å². The van der Waals surface area contributed by atoms with Crippen molar-refractivity contribution in [3.63, 3.8) is 0 Å². The standard InChI is InChI=1S/C17H16FN3O2/c1-11-16(19-17(22)15-8-5-9-23-15)12(2)21(20-11)10-13-6-3-4-7-14(13)18/h3-9H,10H2,1-2H3,(H,19,22). The number of amides is 1. The highest BCUT2D eigenvalue weighted by Gasteiger charge is 2.17. The average molecular weight is 313 g/mol. The Balaban J connectivity index is 1.85. The molecule has 0 spiro atoms. The molecule has 0 saturated heterocycles. The molecule has 0 aliphatic carbocycles. The van der Waals surface area contributed by atoms with E-state index >= 15 is 0 Å². The summed E-state index contributed by atoms with van der Waals surface area (Å²) in [6.45, 7) is 3.93. The SMILES string of the molecule is Cc1nn(Cc2ccccc2F)c(C)c1NC(=O)c1ccco1. The van der Waals surface area contributed by atoms with Gasteiger partial charge in [0.1, 0.15) is 5.82 Å². The summed E-state index contributed by atoms with van der Waals surface area (Å²) in [5.41, 5.74) is 2.58. The maximum absolute atomic E-state index is 13.8. The van der Waals surface area contributed by atoms with Crippen LogP contribution in [0, 0.1) is 19.7 Å². The van der Waals surface area contributed by atoms with E-state index < -0.39 is 0 Å². The molecule has 0 aliphatic rings. The molecule has 3 rings (SSSR count). The second-order valence-corrected chi connectivity index (χ2v) is 5.23.